The number of amides is 1. The fourth-order valence-electron chi connectivity index (χ4n) is 1.58. The summed E-state index contributed by atoms with van der Waals surface area (Å²) in [5, 5.41) is 3.65. The number of anilines is 1. The zero-order valence-electron chi connectivity index (χ0n) is 10.8. The molecule has 0 bridgehead atoms. The Balaban J connectivity index is 2.03. The second-order valence-electron chi connectivity index (χ2n) is 4.16. The molecule has 2 aromatic carbocycles. The van der Waals surface area contributed by atoms with Gasteiger partial charge in [0.2, 0.25) is 0 Å². The second-order valence-corrected chi connectivity index (χ2v) is 4.97. The van der Waals surface area contributed by atoms with Gasteiger partial charge in [0, 0.05) is 0 Å². The highest BCUT2D eigenvalue weighted by molar-refractivity contribution is 6.33. The zero-order chi connectivity index (χ0) is 14.5. The lowest BCUT2D eigenvalue weighted by atomic mass is 10.3. The number of halogens is 2. The maximum atomic E-state index is 12.0. The van der Waals surface area contributed by atoms with Crippen LogP contribution in [0, 0.1) is 0 Å². The largest absolute Gasteiger partial charge is 0.479 e. The number of carbonyl (C=O) groups is 1. The van der Waals surface area contributed by atoms with Gasteiger partial charge in [0.25, 0.3) is 5.91 Å². The number of ether oxygens (including phenoxy) is 1. The van der Waals surface area contributed by atoms with E-state index in [0.717, 1.165) is 0 Å². The summed E-state index contributed by atoms with van der Waals surface area (Å²) in [7, 11) is 0. The van der Waals surface area contributed by atoms with Crippen molar-refractivity contribution in [2.24, 2.45) is 0 Å². The Labute approximate surface area is 127 Å². The Morgan fingerprint density at radius 2 is 1.65 bits per heavy atom. The fourth-order valence-corrected chi connectivity index (χ4v) is 1.94. The highest BCUT2D eigenvalue weighted by atomic mass is 35.5. The van der Waals surface area contributed by atoms with E-state index in [-0.39, 0.29) is 5.91 Å². The monoisotopic (exact) mass is 309 g/mol. The molecule has 0 spiro atoms. The smallest absolute Gasteiger partial charge is 0.265 e. The van der Waals surface area contributed by atoms with Gasteiger partial charge in [-0.15, -0.1) is 0 Å². The standard InChI is InChI=1S/C15H13Cl2NO2/c1-10(20-14-9-5-3-7-12(14)17)15(19)18-13-8-4-2-6-11(13)16/h2-10H,1H3,(H,18,19). The lowest BCUT2D eigenvalue weighted by Crippen LogP contribution is -2.30. The number of hydrogen-bond acceptors (Lipinski definition) is 2. The number of hydrogen-bond donors (Lipinski definition) is 1. The topological polar surface area (TPSA) is 38.3 Å². The van der Waals surface area contributed by atoms with Gasteiger partial charge in [-0.25, -0.2) is 0 Å². The summed E-state index contributed by atoms with van der Waals surface area (Å²) in [5.41, 5.74) is 0.550. The molecule has 2 aromatic rings. The Morgan fingerprint density at radius 3 is 2.30 bits per heavy atom. The van der Waals surface area contributed by atoms with Crippen molar-refractivity contribution in [2.45, 2.75) is 13.0 Å². The Kier molecular flexibility index (Phi) is 4.88. The van der Waals surface area contributed by atoms with E-state index in [4.69, 9.17) is 27.9 Å². The highest BCUT2D eigenvalue weighted by Crippen LogP contribution is 2.25. The molecule has 1 atom stereocenters. The van der Waals surface area contributed by atoms with E-state index >= 15 is 0 Å². The van der Waals surface area contributed by atoms with Crippen LogP contribution in [0.2, 0.25) is 10.0 Å². The van der Waals surface area contributed by atoms with E-state index in [1.807, 2.05) is 0 Å². The first-order chi connectivity index (χ1) is 9.58. The molecule has 3 nitrogen and oxygen atoms in total. The Bertz CT molecular complexity index is 616. The van der Waals surface area contributed by atoms with Crippen molar-refractivity contribution in [3.63, 3.8) is 0 Å². The Hall–Kier alpha value is -1.71. The Morgan fingerprint density at radius 1 is 1.05 bits per heavy atom. The molecule has 5 heteroatoms. The van der Waals surface area contributed by atoms with Crippen LogP contribution in [-0.2, 0) is 4.79 Å². The van der Waals surface area contributed by atoms with Gasteiger partial charge in [-0.05, 0) is 31.2 Å². The van der Waals surface area contributed by atoms with Crippen molar-refractivity contribution in [1.82, 2.24) is 0 Å². The van der Waals surface area contributed by atoms with Crippen LogP contribution < -0.4 is 10.1 Å². The summed E-state index contributed by atoms with van der Waals surface area (Å²) < 4.78 is 5.53. The van der Waals surface area contributed by atoms with Crippen molar-refractivity contribution < 1.29 is 9.53 Å². The molecule has 0 saturated heterocycles. The number of benzene rings is 2. The second kappa shape index (κ2) is 6.64. The lowest BCUT2D eigenvalue weighted by Gasteiger charge is -2.16. The van der Waals surface area contributed by atoms with Crippen molar-refractivity contribution in [1.29, 1.82) is 0 Å². The molecule has 1 amide bonds. The quantitative estimate of drug-likeness (QED) is 0.909. The molecular formula is C15H13Cl2NO2. The third kappa shape index (κ3) is 3.65. The predicted octanol–water partition coefficient (Wildman–Crippen LogP) is 4.40. The molecule has 0 aliphatic heterocycles. The number of rotatable bonds is 4. The summed E-state index contributed by atoms with van der Waals surface area (Å²) in [6.45, 7) is 1.65. The molecule has 2 rings (SSSR count). The SMILES string of the molecule is CC(Oc1ccccc1Cl)C(=O)Nc1ccccc1Cl. The molecule has 0 saturated carbocycles. The van der Waals surface area contributed by atoms with Crippen LogP contribution in [0.4, 0.5) is 5.69 Å². The maximum absolute atomic E-state index is 12.0. The number of para-hydroxylation sites is 2. The van der Waals surface area contributed by atoms with Gasteiger partial charge in [0.1, 0.15) is 5.75 Å². The third-order valence-corrected chi connectivity index (χ3v) is 3.28. The lowest BCUT2D eigenvalue weighted by molar-refractivity contribution is -0.122. The van der Waals surface area contributed by atoms with E-state index in [2.05, 4.69) is 5.32 Å². The van der Waals surface area contributed by atoms with Crippen LogP contribution in [0.15, 0.2) is 48.5 Å². The van der Waals surface area contributed by atoms with Gasteiger partial charge >= 0.3 is 0 Å². The van der Waals surface area contributed by atoms with E-state index in [9.17, 15) is 4.79 Å². The first-order valence-corrected chi connectivity index (χ1v) is 6.80. The van der Waals surface area contributed by atoms with E-state index < -0.39 is 6.10 Å². The van der Waals surface area contributed by atoms with E-state index in [1.54, 1.807) is 55.5 Å². The molecule has 0 radical (unpaired) electrons. The van der Waals surface area contributed by atoms with Gasteiger partial charge < -0.3 is 10.1 Å². The number of carbonyl (C=O) groups excluding carboxylic acids is 1. The van der Waals surface area contributed by atoms with E-state index in [1.165, 1.54) is 0 Å². The van der Waals surface area contributed by atoms with Crippen LogP contribution in [-0.4, -0.2) is 12.0 Å². The van der Waals surface area contributed by atoms with Gasteiger partial charge in [0.15, 0.2) is 6.10 Å². The van der Waals surface area contributed by atoms with Crippen LogP contribution in [0.1, 0.15) is 6.92 Å². The van der Waals surface area contributed by atoms with Crippen LogP contribution in [0.3, 0.4) is 0 Å². The van der Waals surface area contributed by atoms with Crippen molar-refractivity contribution in [2.75, 3.05) is 5.32 Å². The average molecular weight is 310 g/mol. The van der Waals surface area contributed by atoms with Gasteiger partial charge in [-0.3, -0.25) is 4.79 Å². The zero-order valence-corrected chi connectivity index (χ0v) is 12.3. The first-order valence-electron chi connectivity index (χ1n) is 6.04. The summed E-state index contributed by atoms with van der Waals surface area (Å²) in [4.78, 5) is 12.0. The summed E-state index contributed by atoms with van der Waals surface area (Å²) in [6.07, 6.45) is -0.689. The maximum Gasteiger partial charge on any atom is 0.265 e. The molecule has 20 heavy (non-hydrogen) atoms. The molecule has 0 fully saturated rings. The summed E-state index contributed by atoms with van der Waals surface area (Å²) in [5.74, 6) is 0.175. The molecule has 0 aliphatic carbocycles. The van der Waals surface area contributed by atoms with Crippen LogP contribution in [0.5, 0.6) is 5.75 Å². The van der Waals surface area contributed by atoms with Crippen molar-refractivity contribution in [3.05, 3.63) is 58.6 Å². The minimum absolute atomic E-state index is 0.294. The van der Waals surface area contributed by atoms with Crippen LogP contribution in [0.25, 0.3) is 0 Å². The predicted molar refractivity (Wildman–Crippen MR) is 81.6 cm³/mol. The third-order valence-electron chi connectivity index (χ3n) is 2.64. The minimum atomic E-state index is -0.689. The van der Waals surface area contributed by atoms with Crippen molar-refractivity contribution >= 4 is 34.8 Å². The fraction of sp³-hybridized carbons (Fsp3) is 0.133. The molecule has 1 N–H and O–H groups in total. The summed E-state index contributed by atoms with van der Waals surface area (Å²) >= 11 is 12.0. The molecule has 104 valence electrons. The van der Waals surface area contributed by atoms with Crippen LogP contribution >= 0.6 is 23.2 Å². The van der Waals surface area contributed by atoms with Gasteiger partial charge in [-0.2, -0.15) is 0 Å². The minimum Gasteiger partial charge on any atom is -0.479 e. The normalized spacial score (nSPS) is 11.8. The molecule has 0 aromatic heterocycles. The number of nitrogens with one attached hydrogen (secondary N) is 1. The van der Waals surface area contributed by atoms with Gasteiger partial charge in [0.05, 0.1) is 15.7 Å². The molecule has 0 heterocycles. The molecular weight excluding hydrogens is 297 g/mol. The highest BCUT2D eigenvalue weighted by Gasteiger charge is 2.16. The van der Waals surface area contributed by atoms with Crippen molar-refractivity contribution in [3.8, 4) is 5.75 Å². The van der Waals surface area contributed by atoms with E-state index in [0.29, 0.717) is 21.5 Å². The van der Waals surface area contributed by atoms with Gasteiger partial charge in [-0.1, -0.05) is 47.5 Å². The first kappa shape index (κ1) is 14.7. The molecule has 1 unspecified atom stereocenters. The molecule has 0 aliphatic rings. The summed E-state index contributed by atoms with van der Waals surface area (Å²) in [6, 6.07) is 14.0. The average Bonchev–Trinajstić information content (AvgIpc) is 2.43.